The van der Waals surface area contributed by atoms with Crippen LogP contribution >= 0.6 is 11.6 Å². The average Bonchev–Trinajstić information content (AvgIpc) is 2.12. The Labute approximate surface area is 488 Å². The molecule has 0 aliphatic carbocycles. The van der Waals surface area contributed by atoms with E-state index < -0.39 is 34.6 Å². The lowest BCUT2D eigenvalue weighted by atomic mass is 9.75. The number of ether oxygens (including phenoxy) is 4. The van der Waals surface area contributed by atoms with Crippen molar-refractivity contribution in [1.29, 1.82) is 0 Å². The first-order valence-electron chi connectivity index (χ1n) is 27.4. The summed E-state index contributed by atoms with van der Waals surface area (Å²) in [6.07, 6.45) is -3.64. The van der Waals surface area contributed by atoms with Crippen LogP contribution in [0.5, 0.6) is 11.5 Å². The van der Waals surface area contributed by atoms with Gasteiger partial charge in [-0.25, -0.2) is 0 Å². The second-order valence-electron chi connectivity index (χ2n) is 19.0. The predicted octanol–water partition coefficient (Wildman–Crippen LogP) is 12.7. The molecule has 0 atom stereocenters. The second-order valence-corrected chi connectivity index (χ2v) is 19.6. The van der Waals surface area contributed by atoms with E-state index in [1.54, 1.807) is 14.2 Å². The number of methoxy groups -OCH3 is 4. The van der Waals surface area contributed by atoms with Crippen LogP contribution in [0.3, 0.4) is 0 Å². The highest BCUT2D eigenvalue weighted by Crippen LogP contribution is 2.45. The fraction of sp³-hybridized carbons (Fsp3) is 0.375. The minimum absolute atomic E-state index is 0.0335. The second kappa shape index (κ2) is 35.6. The van der Waals surface area contributed by atoms with E-state index in [1.165, 1.54) is 14.2 Å². The van der Waals surface area contributed by atoms with E-state index in [9.17, 15) is 45.5 Å². The molecule has 0 saturated heterocycles. The number of halogens is 7. The van der Waals surface area contributed by atoms with Crippen molar-refractivity contribution in [2.24, 2.45) is 0 Å². The van der Waals surface area contributed by atoms with Crippen LogP contribution in [0.4, 0.5) is 26.3 Å². The topological polar surface area (TPSA) is 145 Å². The summed E-state index contributed by atoms with van der Waals surface area (Å²) in [5.41, 5.74) is 5.40. The standard InChI is InChI=1S/C32H37F3N2O4.C20H17ClO.C12H21F3N2O3/c1-40-28-19-17-27(18-20-28)31(25-13-7-5-8-14-25,26-15-9-6-10-16-26)37(24-21-29(38)41-2)23-12-4-3-11-22-36-30(39)32(33,34)35;1-22-19-14-12-18(13-15-19)20(21,16-8-4-2-5-9-16)17-10-6-3-7-11-17;1-20-10(18)6-9-16-7-4-2-3-5-8-17-11(19)12(13,14)15/h5-10,13-20H,3-4,11-12,21-24H2,1-2H3,(H,36,39);2-15H,1H3;16H,2-9H2,1H3,(H,17,19). The summed E-state index contributed by atoms with van der Waals surface area (Å²) in [6, 6.07) is 56.3. The summed E-state index contributed by atoms with van der Waals surface area (Å²) in [4.78, 5) is 46.2. The van der Waals surface area contributed by atoms with Crippen molar-refractivity contribution in [1.82, 2.24) is 20.9 Å². The molecule has 0 aliphatic heterocycles. The van der Waals surface area contributed by atoms with Crippen LogP contribution in [0.2, 0.25) is 0 Å². The third-order valence-electron chi connectivity index (χ3n) is 13.5. The van der Waals surface area contributed by atoms with Gasteiger partial charge in [-0.2, -0.15) is 26.3 Å². The Kier molecular flexibility index (Phi) is 29.2. The summed E-state index contributed by atoms with van der Waals surface area (Å²) < 4.78 is 92.9. The van der Waals surface area contributed by atoms with Gasteiger partial charge in [-0.05, 0) is 96.4 Å². The van der Waals surface area contributed by atoms with Gasteiger partial charge in [-0.1, -0.05) is 171 Å². The highest BCUT2D eigenvalue weighted by atomic mass is 35.5. The fourth-order valence-corrected chi connectivity index (χ4v) is 9.58. The van der Waals surface area contributed by atoms with Crippen molar-refractivity contribution >= 4 is 35.4 Å². The number of rotatable bonds is 29. The third-order valence-corrected chi connectivity index (χ3v) is 14.1. The molecule has 0 radical (unpaired) electrons. The Morgan fingerprint density at radius 1 is 0.410 bits per heavy atom. The maximum atomic E-state index is 12.4. The SMILES string of the molecule is COC(=O)CCN(CCCCCCNC(=O)C(F)(F)F)C(c1ccccc1)(c1ccccc1)c1ccc(OC)cc1.COC(=O)CCNCCCCCCNC(=O)C(F)(F)F.COc1ccc(C(Cl)(c2ccccc2)c2ccccc2)cc1. The van der Waals surface area contributed by atoms with E-state index in [1.807, 2.05) is 132 Å². The molecule has 0 unspecified atom stereocenters. The van der Waals surface area contributed by atoms with Gasteiger partial charge in [0.2, 0.25) is 0 Å². The van der Waals surface area contributed by atoms with E-state index in [2.05, 4.69) is 63.5 Å². The van der Waals surface area contributed by atoms with Gasteiger partial charge >= 0.3 is 36.1 Å². The van der Waals surface area contributed by atoms with Gasteiger partial charge in [0, 0.05) is 26.2 Å². The van der Waals surface area contributed by atoms with Crippen molar-refractivity contribution in [3.63, 3.8) is 0 Å². The molecular formula is C64H75ClF6N4O8. The van der Waals surface area contributed by atoms with Gasteiger partial charge in [-0.3, -0.25) is 24.1 Å². The van der Waals surface area contributed by atoms with E-state index in [0.29, 0.717) is 45.3 Å². The van der Waals surface area contributed by atoms with E-state index >= 15 is 0 Å². The lowest BCUT2D eigenvalue weighted by Gasteiger charge is -2.46. The van der Waals surface area contributed by atoms with Crippen LogP contribution in [0.25, 0.3) is 0 Å². The van der Waals surface area contributed by atoms with E-state index in [0.717, 1.165) is 83.5 Å². The Hall–Kier alpha value is -7.41. The van der Waals surface area contributed by atoms with Gasteiger partial charge in [0.25, 0.3) is 0 Å². The number of benzene rings is 6. The zero-order valence-corrected chi connectivity index (χ0v) is 48.1. The number of nitrogens with one attached hydrogen (secondary N) is 3. The Morgan fingerprint density at radius 3 is 1.13 bits per heavy atom. The summed E-state index contributed by atoms with van der Waals surface area (Å²) >= 11 is 7.17. The van der Waals surface area contributed by atoms with Gasteiger partial charge in [0.1, 0.15) is 16.4 Å². The van der Waals surface area contributed by atoms with Gasteiger partial charge < -0.3 is 34.9 Å². The van der Waals surface area contributed by atoms with Crippen LogP contribution in [-0.4, -0.2) is 109 Å². The molecule has 0 aromatic heterocycles. The van der Waals surface area contributed by atoms with E-state index in [4.69, 9.17) is 25.8 Å². The molecule has 3 N–H and O–H groups in total. The zero-order valence-electron chi connectivity index (χ0n) is 47.3. The quantitative estimate of drug-likeness (QED) is 0.0136. The molecule has 12 nitrogen and oxygen atoms in total. The number of carbonyl (C=O) groups excluding carboxylic acids is 4. The summed E-state index contributed by atoms with van der Waals surface area (Å²) in [5, 5.41) is 6.81. The van der Waals surface area contributed by atoms with Crippen molar-refractivity contribution in [3.05, 3.63) is 203 Å². The first-order chi connectivity index (χ1) is 39.9. The first kappa shape index (κ1) is 68.1. The van der Waals surface area contributed by atoms with Crippen molar-refractivity contribution in [2.45, 2.75) is 87.0 Å². The highest BCUT2D eigenvalue weighted by molar-refractivity contribution is 6.28. The molecule has 0 aliphatic rings. The van der Waals surface area contributed by atoms with Gasteiger partial charge in [-0.15, -0.1) is 11.6 Å². The predicted molar refractivity (Wildman–Crippen MR) is 310 cm³/mol. The number of nitrogens with zero attached hydrogens (tertiary/aromatic N) is 1. The Balaban J connectivity index is 0.000000296. The maximum absolute atomic E-state index is 12.4. The molecule has 19 heteroatoms. The van der Waals surface area contributed by atoms with Crippen LogP contribution in [0.15, 0.2) is 170 Å². The molecule has 6 rings (SSSR count). The highest BCUT2D eigenvalue weighted by Gasteiger charge is 2.43. The number of carbonyl (C=O) groups is 4. The molecule has 0 fully saturated rings. The molecule has 0 bridgehead atoms. The molecule has 0 spiro atoms. The molecule has 6 aromatic carbocycles. The van der Waals surface area contributed by atoms with Crippen LogP contribution < -0.4 is 25.4 Å². The van der Waals surface area contributed by atoms with Crippen molar-refractivity contribution in [3.8, 4) is 11.5 Å². The summed E-state index contributed by atoms with van der Waals surface area (Å²) in [5.74, 6) is -2.84. The summed E-state index contributed by atoms with van der Waals surface area (Å²) in [6.45, 7) is 2.30. The monoisotopic (exact) mass is 1180 g/mol. The number of hydrogen-bond acceptors (Lipinski definition) is 10. The van der Waals surface area contributed by atoms with Crippen LogP contribution in [0, 0.1) is 0 Å². The number of amides is 2. The number of esters is 2. The molecule has 2 amide bonds. The zero-order chi connectivity index (χ0) is 60.6. The molecular weight excluding hydrogens is 1100 g/mol. The fourth-order valence-electron chi connectivity index (χ4n) is 9.20. The normalized spacial score (nSPS) is 11.5. The average molecular weight is 1180 g/mol. The lowest BCUT2D eigenvalue weighted by molar-refractivity contribution is -0.173. The molecule has 0 saturated carbocycles. The smallest absolute Gasteiger partial charge is 0.471 e. The van der Waals surface area contributed by atoms with Crippen molar-refractivity contribution in [2.75, 3.05) is 67.7 Å². The van der Waals surface area contributed by atoms with Crippen LogP contribution in [0.1, 0.15) is 97.6 Å². The van der Waals surface area contributed by atoms with Crippen LogP contribution in [-0.2, 0) is 39.1 Å². The minimum atomic E-state index is -4.88. The Morgan fingerprint density at radius 2 is 0.747 bits per heavy atom. The molecule has 6 aromatic rings. The summed E-state index contributed by atoms with van der Waals surface area (Å²) in [7, 11) is 5.99. The molecule has 0 heterocycles. The number of alkyl halides is 7. The van der Waals surface area contributed by atoms with Gasteiger partial charge in [0.05, 0.1) is 46.8 Å². The largest absolute Gasteiger partial charge is 0.497 e. The third kappa shape index (κ3) is 21.7. The minimum Gasteiger partial charge on any atom is -0.497 e. The number of unbranched alkanes of at least 4 members (excludes halogenated alkanes) is 6. The van der Waals surface area contributed by atoms with Crippen molar-refractivity contribution < 1.29 is 64.5 Å². The maximum Gasteiger partial charge on any atom is 0.471 e. The molecule has 448 valence electrons. The lowest BCUT2D eigenvalue weighted by Crippen LogP contribution is -2.49. The first-order valence-corrected chi connectivity index (χ1v) is 27.7. The number of hydrogen-bond donors (Lipinski definition) is 3. The van der Waals surface area contributed by atoms with E-state index in [-0.39, 0.29) is 31.4 Å². The van der Waals surface area contributed by atoms with Gasteiger partial charge in [0.15, 0.2) is 0 Å². The Bertz CT molecular complexity index is 2720. The molecule has 83 heavy (non-hydrogen) atoms.